The van der Waals surface area contributed by atoms with Crippen molar-refractivity contribution in [2.45, 2.75) is 25.9 Å². The fourth-order valence-electron chi connectivity index (χ4n) is 5.23. The predicted octanol–water partition coefficient (Wildman–Crippen LogP) is 4.76. The molecule has 194 valence electrons. The Labute approximate surface area is 224 Å². The van der Waals surface area contributed by atoms with E-state index in [0.717, 1.165) is 22.2 Å². The van der Waals surface area contributed by atoms with Gasteiger partial charge >= 0.3 is 5.97 Å². The summed E-state index contributed by atoms with van der Waals surface area (Å²) in [5.41, 5.74) is 5.91. The number of aromatic amines is 1. The van der Waals surface area contributed by atoms with Gasteiger partial charge < -0.3 is 25.5 Å². The minimum atomic E-state index is -1.71. The van der Waals surface area contributed by atoms with E-state index >= 15 is 0 Å². The van der Waals surface area contributed by atoms with Crippen molar-refractivity contribution in [3.05, 3.63) is 119 Å². The highest BCUT2D eigenvalue weighted by Gasteiger charge is 2.46. The van der Waals surface area contributed by atoms with Crippen LogP contribution >= 0.6 is 0 Å². The number of H-pyrrole nitrogens is 1. The maximum atomic E-state index is 13.7. The second-order valence-electron chi connectivity index (χ2n) is 9.73. The molecule has 0 saturated heterocycles. The molecule has 0 amide bonds. The van der Waals surface area contributed by atoms with Gasteiger partial charge in [-0.05, 0) is 35.8 Å². The van der Waals surface area contributed by atoms with Crippen LogP contribution in [0.1, 0.15) is 24.5 Å². The Hall–Kier alpha value is -5.11. The Morgan fingerprint density at radius 1 is 0.974 bits per heavy atom. The third-order valence-corrected chi connectivity index (χ3v) is 7.31. The van der Waals surface area contributed by atoms with Gasteiger partial charge in [0.05, 0.1) is 0 Å². The Balaban J connectivity index is 1.32. The van der Waals surface area contributed by atoms with Crippen molar-refractivity contribution < 1.29 is 24.2 Å². The highest BCUT2D eigenvalue weighted by atomic mass is 16.6. The van der Waals surface area contributed by atoms with Gasteiger partial charge in [0.25, 0.3) is 0 Å². The van der Waals surface area contributed by atoms with E-state index in [0.29, 0.717) is 40.8 Å². The summed E-state index contributed by atoms with van der Waals surface area (Å²) in [6.07, 6.45) is 4.18. The van der Waals surface area contributed by atoms with E-state index in [1.807, 2.05) is 48.5 Å². The van der Waals surface area contributed by atoms with E-state index in [1.165, 1.54) is 0 Å². The molecule has 6 rings (SSSR count). The third-order valence-electron chi connectivity index (χ3n) is 7.31. The first-order chi connectivity index (χ1) is 18.8. The number of carbonyl (C=O) groups is 3. The van der Waals surface area contributed by atoms with Crippen molar-refractivity contribution in [3.8, 4) is 0 Å². The fourth-order valence-corrected chi connectivity index (χ4v) is 5.23. The molecule has 1 aliphatic carbocycles. The first kappa shape index (κ1) is 24.2. The smallest absolute Gasteiger partial charge is 0.374 e. The Morgan fingerprint density at radius 3 is 2.51 bits per heavy atom. The van der Waals surface area contributed by atoms with Crippen LogP contribution in [0, 0.1) is 0 Å². The normalized spacial score (nSPS) is 19.3. The van der Waals surface area contributed by atoms with Crippen LogP contribution in [0.2, 0.25) is 0 Å². The average Bonchev–Trinajstić information content (AvgIpc) is 3.64. The molecule has 0 radical (unpaired) electrons. The monoisotopic (exact) mass is 519 g/mol. The maximum absolute atomic E-state index is 13.7. The van der Waals surface area contributed by atoms with E-state index in [1.54, 1.807) is 25.5 Å². The summed E-state index contributed by atoms with van der Waals surface area (Å²) in [7, 11) is 0. The molecule has 3 heterocycles. The van der Waals surface area contributed by atoms with Crippen molar-refractivity contribution in [1.29, 1.82) is 0 Å². The minimum absolute atomic E-state index is 0.175. The van der Waals surface area contributed by atoms with Crippen LogP contribution in [0.5, 0.6) is 0 Å². The lowest BCUT2D eigenvalue weighted by atomic mass is 9.95. The lowest BCUT2D eigenvalue weighted by Gasteiger charge is -2.19. The molecular weight excluding hydrogens is 494 g/mol. The van der Waals surface area contributed by atoms with Crippen LogP contribution in [-0.2, 0) is 25.5 Å². The number of anilines is 1. The quantitative estimate of drug-likeness (QED) is 0.166. The van der Waals surface area contributed by atoms with E-state index in [4.69, 9.17) is 4.74 Å². The summed E-state index contributed by atoms with van der Waals surface area (Å²) in [5, 5.41) is 17.7. The average molecular weight is 520 g/mol. The molecule has 8 heteroatoms. The molecule has 0 bridgehead atoms. The first-order valence-electron chi connectivity index (χ1n) is 12.5. The molecule has 0 spiro atoms. The highest BCUT2D eigenvalue weighted by molar-refractivity contribution is 6.44. The number of Topliss-reactive ketones (excluding diaryl/α,β-unsaturated/α-hetero) is 2. The molecule has 8 nitrogen and oxygen atoms in total. The van der Waals surface area contributed by atoms with Gasteiger partial charge in [0.1, 0.15) is 0 Å². The summed E-state index contributed by atoms with van der Waals surface area (Å²) in [5.74, 6) is -3.06. The first-order valence-corrected chi connectivity index (χ1v) is 12.5. The number of fused-ring (bicyclic) bond motifs is 2. The molecule has 4 N–H and O–H groups in total. The largest absolute Gasteiger partial charge is 0.502 e. The van der Waals surface area contributed by atoms with Gasteiger partial charge in [-0.15, -0.1) is 0 Å². The number of allylic oxidation sites excluding steroid dienone is 3. The fraction of sp³-hybridized carbons (Fsp3) is 0.129. The molecular formula is C31H25N3O5. The third kappa shape index (κ3) is 4.06. The van der Waals surface area contributed by atoms with Gasteiger partial charge in [0, 0.05) is 76.0 Å². The standard InChI is InChI=1S/C31H25N3O5/c1-16-11-20(14-32-16)25-26(22-15-34-24-10-6-4-8-21(22)24)29(37)30(28(25)36)39-31(38)27(35)17(2)19-12-18-7-3-5-9-23(18)33-13-19/h3-10,13-15,30,32-35H,1,11-12H2,2H3/b27-17-. The molecule has 2 aliphatic heterocycles. The number of aliphatic hydroxyl groups is 1. The number of ether oxygens (including phenoxy) is 1. The number of hydrogen-bond acceptors (Lipinski definition) is 7. The van der Waals surface area contributed by atoms with E-state index in [-0.39, 0.29) is 11.1 Å². The van der Waals surface area contributed by atoms with Gasteiger partial charge in [-0.1, -0.05) is 43.0 Å². The summed E-state index contributed by atoms with van der Waals surface area (Å²) in [6.45, 7) is 5.50. The molecule has 0 saturated carbocycles. The van der Waals surface area contributed by atoms with E-state index in [2.05, 4.69) is 22.2 Å². The zero-order chi connectivity index (χ0) is 27.3. The number of aliphatic hydroxyl groups excluding tert-OH is 1. The molecule has 39 heavy (non-hydrogen) atoms. The maximum Gasteiger partial charge on any atom is 0.374 e. The minimum Gasteiger partial charge on any atom is -0.502 e. The summed E-state index contributed by atoms with van der Waals surface area (Å²) < 4.78 is 5.42. The van der Waals surface area contributed by atoms with Gasteiger partial charge in [-0.2, -0.15) is 0 Å². The van der Waals surface area contributed by atoms with Gasteiger partial charge in [0.15, 0.2) is 0 Å². The number of benzene rings is 2. The number of esters is 1. The molecule has 3 aromatic rings. The van der Waals surface area contributed by atoms with E-state index in [9.17, 15) is 19.5 Å². The molecule has 1 atom stereocenters. The number of ketones is 2. The molecule has 3 aliphatic rings. The number of carbonyl (C=O) groups excluding carboxylic acids is 3. The Bertz CT molecular complexity index is 1730. The van der Waals surface area contributed by atoms with Crippen LogP contribution in [0.4, 0.5) is 5.69 Å². The van der Waals surface area contributed by atoms with E-state index < -0.39 is 29.4 Å². The van der Waals surface area contributed by atoms with Crippen molar-refractivity contribution >= 4 is 39.7 Å². The zero-order valence-electron chi connectivity index (χ0n) is 21.1. The van der Waals surface area contributed by atoms with Gasteiger partial charge in [0.2, 0.25) is 23.4 Å². The summed E-state index contributed by atoms with van der Waals surface area (Å²) in [6, 6.07) is 15.1. The Morgan fingerprint density at radius 2 is 1.72 bits per heavy atom. The van der Waals surface area contributed by atoms with Crippen LogP contribution < -0.4 is 10.6 Å². The zero-order valence-corrected chi connectivity index (χ0v) is 21.1. The van der Waals surface area contributed by atoms with Gasteiger partial charge in [-0.3, -0.25) is 9.59 Å². The SMILES string of the molecule is C=C1CC(C2=C(c3c[nH]c4ccccc34)C(=O)C(OC(=O)/C(O)=C(\C)C3=CNc4ccccc4C3)C2=O)=CN1. The molecule has 0 fully saturated rings. The number of nitrogens with one attached hydrogen (secondary N) is 3. The predicted molar refractivity (Wildman–Crippen MR) is 147 cm³/mol. The van der Waals surface area contributed by atoms with Crippen LogP contribution in [0.25, 0.3) is 16.5 Å². The van der Waals surface area contributed by atoms with Crippen LogP contribution in [0.3, 0.4) is 0 Å². The highest BCUT2D eigenvalue weighted by Crippen LogP contribution is 2.40. The number of aromatic nitrogens is 1. The molecule has 2 aromatic carbocycles. The van der Waals surface area contributed by atoms with Crippen LogP contribution in [-0.4, -0.2) is 33.7 Å². The number of rotatable bonds is 5. The summed E-state index contributed by atoms with van der Waals surface area (Å²) in [4.78, 5) is 43.5. The van der Waals surface area contributed by atoms with Gasteiger partial charge in [-0.25, -0.2) is 4.79 Å². The summed E-state index contributed by atoms with van der Waals surface area (Å²) >= 11 is 0. The number of para-hydroxylation sites is 2. The second-order valence-corrected chi connectivity index (χ2v) is 9.73. The molecule has 1 unspecified atom stereocenters. The lowest BCUT2D eigenvalue weighted by molar-refractivity contribution is -0.155. The van der Waals surface area contributed by atoms with Crippen molar-refractivity contribution in [2.24, 2.45) is 0 Å². The van der Waals surface area contributed by atoms with Crippen molar-refractivity contribution in [2.75, 3.05) is 5.32 Å². The second kappa shape index (κ2) is 9.33. The number of hydrogen-bond donors (Lipinski definition) is 4. The van der Waals surface area contributed by atoms with Crippen LogP contribution in [0.15, 0.2) is 107 Å². The van der Waals surface area contributed by atoms with Crippen molar-refractivity contribution in [1.82, 2.24) is 10.3 Å². The Kier molecular flexibility index (Phi) is 5.80. The topological polar surface area (TPSA) is 121 Å². The van der Waals surface area contributed by atoms with Crippen molar-refractivity contribution in [3.63, 3.8) is 0 Å². The lowest BCUT2D eigenvalue weighted by Crippen LogP contribution is -2.31. The molecule has 1 aromatic heterocycles.